The van der Waals surface area contributed by atoms with E-state index < -0.39 is 0 Å². The predicted octanol–water partition coefficient (Wildman–Crippen LogP) is 2.14. The first kappa shape index (κ1) is 15.3. The molecule has 1 aliphatic heterocycles. The minimum atomic E-state index is -0.171. The molecule has 4 rings (SSSR count). The summed E-state index contributed by atoms with van der Waals surface area (Å²) in [7, 11) is 0. The summed E-state index contributed by atoms with van der Waals surface area (Å²) in [6.07, 6.45) is 11.1. The number of anilines is 1. The molecule has 0 aromatic carbocycles. The molecule has 128 valence electrons. The third-order valence-electron chi connectivity index (χ3n) is 4.26. The van der Waals surface area contributed by atoms with E-state index in [1.807, 2.05) is 4.90 Å². The Balaban J connectivity index is 1.57. The summed E-state index contributed by atoms with van der Waals surface area (Å²) >= 11 is 0. The van der Waals surface area contributed by atoms with Gasteiger partial charge in [0.2, 0.25) is 0 Å². The molecule has 9 heteroatoms. The van der Waals surface area contributed by atoms with Crippen LogP contribution in [0.3, 0.4) is 0 Å². The van der Waals surface area contributed by atoms with Gasteiger partial charge in [-0.1, -0.05) is 0 Å². The summed E-state index contributed by atoms with van der Waals surface area (Å²) in [5.41, 5.74) is 0.585. The maximum Gasteiger partial charge on any atom is 0.322 e. The topological polar surface area (TPSA) is 105 Å². The van der Waals surface area contributed by atoms with Crippen LogP contribution in [-0.4, -0.2) is 47.2 Å². The van der Waals surface area contributed by atoms with Gasteiger partial charge in [0.1, 0.15) is 18.5 Å². The van der Waals surface area contributed by atoms with E-state index in [9.17, 15) is 4.79 Å². The van der Waals surface area contributed by atoms with Crippen LogP contribution in [0.1, 0.15) is 31.1 Å². The molecule has 0 unspecified atom stereocenters. The van der Waals surface area contributed by atoms with Crippen LogP contribution in [0.25, 0.3) is 5.82 Å². The highest BCUT2D eigenvalue weighted by Gasteiger charge is 2.30. The van der Waals surface area contributed by atoms with Gasteiger partial charge in [0, 0.05) is 25.1 Å². The average Bonchev–Trinajstić information content (AvgIpc) is 3.36. The van der Waals surface area contributed by atoms with E-state index in [0.29, 0.717) is 18.1 Å². The van der Waals surface area contributed by atoms with E-state index in [0.717, 1.165) is 25.1 Å². The molecule has 4 heterocycles. The molecule has 2 N–H and O–H groups in total. The number of carbonyl (C=O) groups is 1. The Bertz CT molecular complexity index is 830. The van der Waals surface area contributed by atoms with Crippen molar-refractivity contribution in [3.63, 3.8) is 0 Å². The lowest BCUT2D eigenvalue weighted by Gasteiger charge is -2.34. The number of imidazole rings is 1. The molecule has 1 fully saturated rings. The van der Waals surface area contributed by atoms with Crippen molar-refractivity contribution in [2.75, 3.05) is 11.9 Å². The van der Waals surface area contributed by atoms with Crippen molar-refractivity contribution < 1.29 is 4.79 Å². The predicted molar refractivity (Wildman–Crippen MR) is 90.1 cm³/mol. The molecule has 2 amide bonds. The van der Waals surface area contributed by atoms with Gasteiger partial charge in [0.15, 0.2) is 5.82 Å². The lowest BCUT2D eigenvalue weighted by molar-refractivity contribution is 0.160. The van der Waals surface area contributed by atoms with Crippen LogP contribution in [0.2, 0.25) is 0 Å². The van der Waals surface area contributed by atoms with Crippen molar-refractivity contribution in [1.82, 2.24) is 34.6 Å². The number of hydrogen-bond acceptors (Lipinski definition) is 5. The summed E-state index contributed by atoms with van der Waals surface area (Å²) in [5.74, 6) is 1.34. The lowest BCUT2D eigenvalue weighted by Crippen LogP contribution is -2.41. The monoisotopic (exact) mass is 338 g/mol. The SMILES string of the molecule is O=C(Nc1cccnc1-n1cncn1)N1CCCC[C@@H]1c1ncc[nH]1. The normalized spacial score (nSPS) is 17.4. The van der Waals surface area contributed by atoms with Gasteiger partial charge in [0.25, 0.3) is 0 Å². The maximum absolute atomic E-state index is 12.9. The number of likely N-dealkylation sites (tertiary alicyclic amines) is 1. The number of aromatic amines is 1. The van der Waals surface area contributed by atoms with E-state index in [-0.39, 0.29) is 12.1 Å². The number of amides is 2. The van der Waals surface area contributed by atoms with Gasteiger partial charge in [0.05, 0.1) is 11.7 Å². The number of hydrogen-bond donors (Lipinski definition) is 2. The van der Waals surface area contributed by atoms with E-state index >= 15 is 0 Å². The van der Waals surface area contributed by atoms with Crippen molar-refractivity contribution in [2.24, 2.45) is 0 Å². The first-order chi connectivity index (χ1) is 12.3. The number of aromatic nitrogens is 6. The number of pyridine rings is 1. The van der Waals surface area contributed by atoms with E-state index in [2.05, 4.69) is 30.4 Å². The molecule has 1 atom stereocenters. The molecule has 0 spiro atoms. The fourth-order valence-electron chi connectivity index (χ4n) is 3.10. The van der Waals surface area contributed by atoms with Crippen molar-refractivity contribution in [3.8, 4) is 5.82 Å². The molecule has 0 aliphatic carbocycles. The highest BCUT2D eigenvalue weighted by Crippen LogP contribution is 2.29. The number of H-pyrrole nitrogens is 1. The molecule has 1 saturated heterocycles. The number of piperidine rings is 1. The number of carbonyl (C=O) groups excluding carboxylic acids is 1. The van der Waals surface area contributed by atoms with Gasteiger partial charge in [-0.15, -0.1) is 0 Å². The Kier molecular flexibility index (Phi) is 4.11. The third kappa shape index (κ3) is 3.08. The number of nitrogens with one attached hydrogen (secondary N) is 2. The van der Waals surface area contributed by atoms with Crippen molar-refractivity contribution in [2.45, 2.75) is 25.3 Å². The van der Waals surface area contributed by atoms with Gasteiger partial charge in [-0.25, -0.2) is 24.4 Å². The van der Waals surface area contributed by atoms with Gasteiger partial charge in [-0.3, -0.25) is 0 Å². The molecule has 3 aromatic rings. The van der Waals surface area contributed by atoms with E-state index in [4.69, 9.17) is 0 Å². The molecular weight excluding hydrogens is 320 g/mol. The van der Waals surface area contributed by atoms with Gasteiger partial charge in [-0.05, 0) is 31.4 Å². The molecule has 0 saturated carbocycles. The highest BCUT2D eigenvalue weighted by molar-refractivity contribution is 5.91. The van der Waals surface area contributed by atoms with Crippen LogP contribution in [0.5, 0.6) is 0 Å². The zero-order valence-corrected chi connectivity index (χ0v) is 13.5. The molecule has 3 aromatic heterocycles. The standard InChI is InChI=1S/C16H18N8O/c25-16(23-9-2-1-5-13(23)14-18-7-8-19-14)22-12-4-3-6-20-15(12)24-11-17-10-21-24/h3-4,6-8,10-11,13H,1-2,5,9H2,(H,18,19)(H,22,25)/t13-/m1/s1. The second-order valence-electron chi connectivity index (χ2n) is 5.82. The summed E-state index contributed by atoms with van der Waals surface area (Å²) in [5, 5.41) is 7.04. The molecule has 0 bridgehead atoms. The lowest BCUT2D eigenvalue weighted by atomic mass is 10.0. The van der Waals surface area contributed by atoms with Crippen LogP contribution in [0, 0.1) is 0 Å². The van der Waals surface area contributed by atoms with Crippen molar-refractivity contribution in [1.29, 1.82) is 0 Å². The zero-order chi connectivity index (χ0) is 17.1. The van der Waals surface area contributed by atoms with Crippen molar-refractivity contribution >= 4 is 11.7 Å². The molecule has 0 radical (unpaired) electrons. The Hall–Kier alpha value is -3.23. The summed E-state index contributed by atoms with van der Waals surface area (Å²) in [6.45, 7) is 0.691. The van der Waals surface area contributed by atoms with Crippen LogP contribution < -0.4 is 5.32 Å². The second kappa shape index (κ2) is 6.71. The Morgan fingerprint density at radius 2 is 2.24 bits per heavy atom. The zero-order valence-electron chi connectivity index (χ0n) is 13.5. The molecule has 25 heavy (non-hydrogen) atoms. The second-order valence-corrected chi connectivity index (χ2v) is 5.82. The number of rotatable bonds is 3. The summed E-state index contributed by atoms with van der Waals surface area (Å²) in [4.78, 5) is 30.4. The van der Waals surface area contributed by atoms with Crippen LogP contribution in [-0.2, 0) is 0 Å². The third-order valence-corrected chi connectivity index (χ3v) is 4.26. The Labute approximate surface area is 144 Å². The maximum atomic E-state index is 12.9. The average molecular weight is 338 g/mol. The summed E-state index contributed by atoms with van der Waals surface area (Å²) in [6, 6.07) is 3.36. The van der Waals surface area contributed by atoms with Gasteiger partial charge in [-0.2, -0.15) is 5.10 Å². The largest absolute Gasteiger partial charge is 0.347 e. The van der Waals surface area contributed by atoms with Crippen LogP contribution >= 0.6 is 0 Å². The highest BCUT2D eigenvalue weighted by atomic mass is 16.2. The molecule has 9 nitrogen and oxygen atoms in total. The quantitative estimate of drug-likeness (QED) is 0.761. The fraction of sp³-hybridized carbons (Fsp3) is 0.312. The molecule has 1 aliphatic rings. The van der Waals surface area contributed by atoms with Gasteiger partial charge >= 0.3 is 6.03 Å². The smallest absolute Gasteiger partial charge is 0.322 e. The minimum absolute atomic E-state index is 0.0461. The Morgan fingerprint density at radius 3 is 3.04 bits per heavy atom. The van der Waals surface area contributed by atoms with E-state index in [1.165, 1.54) is 11.0 Å². The Morgan fingerprint density at radius 1 is 1.28 bits per heavy atom. The fourth-order valence-corrected chi connectivity index (χ4v) is 3.10. The first-order valence-corrected chi connectivity index (χ1v) is 8.20. The van der Waals surface area contributed by atoms with Crippen LogP contribution in [0.4, 0.5) is 10.5 Å². The number of nitrogens with zero attached hydrogens (tertiary/aromatic N) is 6. The van der Waals surface area contributed by atoms with E-state index in [1.54, 1.807) is 37.1 Å². The molecular formula is C16H18N8O. The first-order valence-electron chi connectivity index (χ1n) is 8.20. The summed E-state index contributed by atoms with van der Waals surface area (Å²) < 4.78 is 1.52. The van der Waals surface area contributed by atoms with Gasteiger partial charge < -0.3 is 15.2 Å². The van der Waals surface area contributed by atoms with Crippen molar-refractivity contribution in [3.05, 3.63) is 49.2 Å². The number of urea groups is 1. The minimum Gasteiger partial charge on any atom is -0.347 e. The van der Waals surface area contributed by atoms with Crippen LogP contribution in [0.15, 0.2) is 43.4 Å².